The minimum Gasteiger partial charge on any atom is -0.478 e. The predicted molar refractivity (Wildman–Crippen MR) is 78.1 cm³/mol. The first-order valence-electron chi connectivity index (χ1n) is 5.48. The average Bonchev–Trinajstić information content (AvgIpc) is 2.70. The van der Waals surface area contributed by atoms with Gasteiger partial charge in [0.2, 0.25) is 0 Å². The highest BCUT2D eigenvalue weighted by molar-refractivity contribution is 9.10. The molecule has 0 aliphatic carbocycles. The summed E-state index contributed by atoms with van der Waals surface area (Å²) in [7, 11) is 0. The van der Waals surface area contributed by atoms with Crippen LogP contribution in [0.2, 0.25) is 0 Å². The lowest BCUT2D eigenvalue weighted by atomic mass is 10.2. The van der Waals surface area contributed by atoms with E-state index in [9.17, 15) is 14.0 Å². The van der Waals surface area contributed by atoms with E-state index in [1.54, 1.807) is 6.92 Å². The van der Waals surface area contributed by atoms with Crippen molar-refractivity contribution >= 4 is 44.1 Å². The fraction of sp³-hybridized carbons (Fsp3) is 0.0769. The van der Waals surface area contributed by atoms with Crippen molar-refractivity contribution in [2.75, 3.05) is 5.32 Å². The Morgan fingerprint density at radius 1 is 1.30 bits per heavy atom. The van der Waals surface area contributed by atoms with Gasteiger partial charge in [0.25, 0.3) is 5.91 Å². The Hall–Kier alpha value is -1.73. The van der Waals surface area contributed by atoms with Crippen molar-refractivity contribution in [3.8, 4) is 0 Å². The summed E-state index contributed by atoms with van der Waals surface area (Å²) in [6, 6.07) is 5.50. The molecule has 4 nitrogen and oxygen atoms in total. The number of carboxylic acid groups (broad SMARTS) is 1. The number of anilines is 1. The minimum atomic E-state index is -1.14. The van der Waals surface area contributed by atoms with Gasteiger partial charge in [0, 0.05) is 9.35 Å². The van der Waals surface area contributed by atoms with Gasteiger partial charge in [-0.05, 0) is 31.2 Å². The summed E-state index contributed by atoms with van der Waals surface area (Å²) in [4.78, 5) is 23.8. The number of halogens is 2. The maximum absolute atomic E-state index is 13.7. The second kappa shape index (κ2) is 5.72. The number of carboxylic acids is 1. The largest absolute Gasteiger partial charge is 0.478 e. The molecular formula is C13H9BrFNO3S. The lowest BCUT2D eigenvalue weighted by Crippen LogP contribution is -2.14. The SMILES string of the molecule is Cc1cc(C(=O)O)c(NC(=O)c2ccc(Br)cc2F)s1. The molecule has 0 saturated heterocycles. The lowest BCUT2D eigenvalue weighted by molar-refractivity contribution is 0.0698. The number of hydrogen-bond acceptors (Lipinski definition) is 3. The third-order valence-corrected chi connectivity index (χ3v) is 3.95. The summed E-state index contributed by atoms with van der Waals surface area (Å²) >= 11 is 4.23. The number of benzene rings is 1. The van der Waals surface area contributed by atoms with Gasteiger partial charge >= 0.3 is 5.97 Å². The molecule has 2 aromatic rings. The van der Waals surface area contributed by atoms with E-state index in [4.69, 9.17) is 5.11 Å². The molecule has 2 rings (SSSR count). The van der Waals surface area contributed by atoms with Crippen LogP contribution in [-0.4, -0.2) is 17.0 Å². The standard InChI is InChI=1S/C13H9BrFNO3S/c1-6-4-9(13(18)19)12(20-6)16-11(17)8-3-2-7(14)5-10(8)15/h2-5H,1H3,(H,16,17)(H,18,19). The molecule has 7 heteroatoms. The number of rotatable bonds is 3. The van der Waals surface area contributed by atoms with Gasteiger partial charge in [-0.2, -0.15) is 0 Å². The Kier molecular flexibility index (Phi) is 4.20. The van der Waals surface area contributed by atoms with Crippen LogP contribution in [-0.2, 0) is 0 Å². The Bertz CT molecular complexity index is 699. The average molecular weight is 358 g/mol. The molecule has 0 aliphatic rings. The van der Waals surface area contributed by atoms with Gasteiger partial charge in [0.05, 0.1) is 11.1 Å². The molecule has 0 spiro atoms. The first kappa shape index (κ1) is 14.7. The number of nitrogens with one attached hydrogen (secondary N) is 1. The molecule has 0 unspecified atom stereocenters. The van der Waals surface area contributed by atoms with Crippen molar-refractivity contribution in [1.29, 1.82) is 0 Å². The zero-order valence-corrected chi connectivity index (χ0v) is 12.6. The summed E-state index contributed by atoms with van der Waals surface area (Å²) < 4.78 is 14.2. The molecule has 0 radical (unpaired) electrons. The quantitative estimate of drug-likeness (QED) is 0.874. The van der Waals surface area contributed by atoms with E-state index in [0.29, 0.717) is 4.47 Å². The first-order valence-corrected chi connectivity index (χ1v) is 7.09. The van der Waals surface area contributed by atoms with Crippen LogP contribution in [0.3, 0.4) is 0 Å². The summed E-state index contributed by atoms with van der Waals surface area (Å²) in [5.41, 5.74) is -0.144. The number of aryl methyl sites for hydroxylation is 1. The predicted octanol–water partition coefficient (Wildman–Crippen LogP) is 3.91. The van der Waals surface area contributed by atoms with E-state index < -0.39 is 17.7 Å². The van der Waals surface area contributed by atoms with Crippen molar-refractivity contribution in [3.63, 3.8) is 0 Å². The second-order valence-electron chi connectivity index (χ2n) is 3.98. The zero-order chi connectivity index (χ0) is 14.9. The van der Waals surface area contributed by atoms with E-state index in [1.165, 1.54) is 24.3 Å². The van der Waals surface area contributed by atoms with Crippen LogP contribution in [0.25, 0.3) is 0 Å². The Balaban J connectivity index is 2.30. The summed E-state index contributed by atoms with van der Waals surface area (Å²) in [5, 5.41) is 11.7. The monoisotopic (exact) mass is 357 g/mol. The van der Waals surface area contributed by atoms with Crippen LogP contribution in [0.4, 0.5) is 9.39 Å². The Morgan fingerprint density at radius 3 is 2.60 bits per heavy atom. The number of carbonyl (C=O) groups is 2. The van der Waals surface area contributed by atoms with Crippen LogP contribution in [0.5, 0.6) is 0 Å². The first-order chi connectivity index (χ1) is 9.38. The summed E-state index contributed by atoms with van der Waals surface area (Å²) in [6.07, 6.45) is 0. The molecule has 1 aromatic heterocycles. The van der Waals surface area contributed by atoms with Crippen LogP contribution in [0.15, 0.2) is 28.7 Å². The van der Waals surface area contributed by atoms with Gasteiger partial charge in [0.15, 0.2) is 0 Å². The van der Waals surface area contributed by atoms with Crippen molar-refractivity contribution < 1.29 is 19.1 Å². The van der Waals surface area contributed by atoms with Crippen LogP contribution < -0.4 is 5.32 Å². The van der Waals surface area contributed by atoms with E-state index >= 15 is 0 Å². The van der Waals surface area contributed by atoms with Crippen molar-refractivity contribution in [2.24, 2.45) is 0 Å². The van der Waals surface area contributed by atoms with Gasteiger partial charge in [-0.25, -0.2) is 9.18 Å². The third kappa shape index (κ3) is 3.05. The molecule has 1 aromatic carbocycles. The Labute approximate surface area is 126 Å². The van der Waals surface area contributed by atoms with E-state index in [1.807, 2.05) is 0 Å². The molecule has 0 fully saturated rings. The van der Waals surface area contributed by atoms with Gasteiger partial charge < -0.3 is 10.4 Å². The van der Waals surface area contributed by atoms with Crippen LogP contribution in [0, 0.1) is 12.7 Å². The Morgan fingerprint density at radius 2 is 2.00 bits per heavy atom. The van der Waals surface area contributed by atoms with Crippen molar-refractivity contribution in [3.05, 3.63) is 50.6 Å². The van der Waals surface area contributed by atoms with Gasteiger partial charge in [0.1, 0.15) is 10.8 Å². The van der Waals surface area contributed by atoms with E-state index in [2.05, 4.69) is 21.2 Å². The fourth-order valence-electron chi connectivity index (χ4n) is 1.61. The summed E-state index contributed by atoms with van der Waals surface area (Å²) in [5.74, 6) is -2.50. The molecular weight excluding hydrogens is 349 g/mol. The van der Waals surface area contributed by atoms with Gasteiger partial charge in [-0.1, -0.05) is 15.9 Å². The molecule has 0 atom stereocenters. The number of carbonyl (C=O) groups excluding carboxylic acids is 1. The van der Waals surface area contributed by atoms with Gasteiger partial charge in [-0.3, -0.25) is 4.79 Å². The topological polar surface area (TPSA) is 66.4 Å². The molecule has 2 N–H and O–H groups in total. The smallest absolute Gasteiger partial charge is 0.338 e. The fourth-order valence-corrected chi connectivity index (χ4v) is 2.84. The van der Waals surface area contributed by atoms with Crippen molar-refractivity contribution in [2.45, 2.75) is 6.92 Å². The normalized spacial score (nSPS) is 10.3. The molecule has 0 aliphatic heterocycles. The third-order valence-electron chi connectivity index (χ3n) is 2.49. The van der Waals surface area contributed by atoms with Crippen LogP contribution >= 0.6 is 27.3 Å². The maximum Gasteiger partial charge on any atom is 0.338 e. The zero-order valence-electron chi connectivity index (χ0n) is 10.2. The molecule has 1 amide bonds. The molecule has 104 valence electrons. The number of aromatic carboxylic acids is 1. The number of hydrogen-bond donors (Lipinski definition) is 2. The van der Waals surface area contributed by atoms with Gasteiger partial charge in [-0.15, -0.1) is 11.3 Å². The second-order valence-corrected chi connectivity index (χ2v) is 6.16. The molecule has 20 heavy (non-hydrogen) atoms. The highest BCUT2D eigenvalue weighted by Crippen LogP contribution is 2.28. The minimum absolute atomic E-state index is 0.00151. The number of thiophene rings is 1. The molecule has 1 heterocycles. The number of amides is 1. The van der Waals surface area contributed by atoms with Crippen LogP contribution in [0.1, 0.15) is 25.6 Å². The van der Waals surface area contributed by atoms with E-state index in [0.717, 1.165) is 16.2 Å². The maximum atomic E-state index is 13.7. The summed E-state index contributed by atoms with van der Waals surface area (Å²) in [6.45, 7) is 1.73. The highest BCUT2D eigenvalue weighted by atomic mass is 79.9. The molecule has 0 bridgehead atoms. The van der Waals surface area contributed by atoms with Crippen molar-refractivity contribution in [1.82, 2.24) is 0 Å². The lowest BCUT2D eigenvalue weighted by Gasteiger charge is -2.05. The highest BCUT2D eigenvalue weighted by Gasteiger charge is 2.18. The van der Waals surface area contributed by atoms with E-state index in [-0.39, 0.29) is 16.1 Å². The molecule has 0 saturated carbocycles.